The van der Waals surface area contributed by atoms with Crippen molar-refractivity contribution in [3.05, 3.63) is 63.0 Å². The average molecular weight is 474 g/mol. The van der Waals surface area contributed by atoms with Crippen molar-refractivity contribution in [2.45, 2.75) is 18.7 Å². The van der Waals surface area contributed by atoms with Crippen LogP contribution in [0.4, 0.5) is 46.5 Å². The molecule has 0 heterocycles. The molecule has 0 aliphatic rings. The molecule has 0 aromatic heterocycles. The highest BCUT2D eigenvalue weighted by Gasteiger charge is 2.39. The molecule has 1 amide bonds. The van der Waals surface area contributed by atoms with Crippen LogP contribution in [0.15, 0.2) is 18.2 Å². The van der Waals surface area contributed by atoms with E-state index in [1.54, 1.807) is 5.32 Å². The molecule has 0 bridgehead atoms. The van der Waals surface area contributed by atoms with E-state index in [1.165, 1.54) is 0 Å². The predicted octanol–water partition coefficient (Wildman–Crippen LogP) is 4.08. The van der Waals surface area contributed by atoms with Crippen molar-refractivity contribution in [3.8, 4) is 5.75 Å². The Morgan fingerprint density at radius 1 is 1.06 bits per heavy atom. The lowest BCUT2D eigenvalue weighted by Crippen LogP contribution is -2.45. The number of halogens is 8. The fourth-order valence-electron chi connectivity index (χ4n) is 2.26. The summed E-state index contributed by atoms with van der Waals surface area (Å²) in [6.07, 6.45) is -5.18. The van der Waals surface area contributed by atoms with Crippen molar-refractivity contribution in [2.75, 3.05) is 11.9 Å². The van der Waals surface area contributed by atoms with Crippen LogP contribution < -0.4 is 10.1 Å². The number of amides is 1. The van der Waals surface area contributed by atoms with E-state index in [1.807, 2.05) is 0 Å². The van der Waals surface area contributed by atoms with E-state index in [9.17, 15) is 55.1 Å². The molecule has 32 heavy (non-hydrogen) atoms. The zero-order chi connectivity index (χ0) is 24.6. The molecule has 7 nitrogen and oxygen atoms in total. The van der Waals surface area contributed by atoms with Crippen molar-refractivity contribution in [2.24, 2.45) is 0 Å². The summed E-state index contributed by atoms with van der Waals surface area (Å²) >= 11 is 0. The number of rotatable bonds is 6. The van der Waals surface area contributed by atoms with E-state index >= 15 is 0 Å². The fourth-order valence-corrected chi connectivity index (χ4v) is 2.26. The van der Waals surface area contributed by atoms with E-state index in [0.29, 0.717) is 19.1 Å². The quantitative estimate of drug-likeness (QED) is 0.216. The van der Waals surface area contributed by atoms with Crippen LogP contribution in [0.5, 0.6) is 5.75 Å². The Kier molecular flexibility index (Phi) is 6.63. The number of alkyl halides is 3. The van der Waals surface area contributed by atoms with Crippen molar-refractivity contribution in [1.82, 2.24) is 0 Å². The third kappa shape index (κ3) is 4.87. The summed E-state index contributed by atoms with van der Waals surface area (Å²) in [5.74, 6) is -15.3. The lowest BCUT2D eigenvalue weighted by Gasteiger charge is -2.23. The Labute approximate surface area is 172 Å². The number of hydrogen-bond acceptors (Lipinski definition) is 5. The second-order valence-electron chi connectivity index (χ2n) is 6.40. The van der Waals surface area contributed by atoms with E-state index in [0.717, 1.165) is 0 Å². The summed E-state index contributed by atoms with van der Waals surface area (Å²) in [5.41, 5.74) is -6.47. The number of nitrogens with zero attached hydrogens (tertiary/aromatic N) is 1. The maximum absolute atomic E-state index is 13.6. The summed E-state index contributed by atoms with van der Waals surface area (Å²) in [6.45, 7) is -0.735. The molecule has 174 valence electrons. The number of nitrogens with one attached hydrogen (secondary N) is 1. The number of anilines is 1. The topological polar surface area (TPSA) is 102 Å². The first kappa shape index (κ1) is 24.8. The Balaban J connectivity index is 2.25. The molecule has 2 N–H and O–H groups in total. The number of ether oxygens (including phenoxy) is 1. The summed E-state index contributed by atoms with van der Waals surface area (Å²) in [4.78, 5) is 21.6. The van der Waals surface area contributed by atoms with Gasteiger partial charge in [-0.3, -0.25) is 14.9 Å². The highest BCUT2D eigenvalue weighted by atomic mass is 19.4. The molecule has 15 heteroatoms. The zero-order valence-electron chi connectivity index (χ0n) is 15.5. The molecular weight excluding hydrogens is 464 g/mol. The summed E-state index contributed by atoms with van der Waals surface area (Å²) in [7, 11) is 0. The van der Waals surface area contributed by atoms with Crippen molar-refractivity contribution >= 4 is 17.3 Å². The Morgan fingerprint density at radius 2 is 1.56 bits per heavy atom. The number of benzene rings is 2. The van der Waals surface area contributed by atoms with E-state index in [2.05, 4.69) is 4.74 Å². The minimum Gasteiger partial charge on any atom is -0.484 e. The highest BCUT2D eigenvalue weighted by molar-refractivity contribution is 5.97. The van der Waals surface area contributed by atoms with Gasteiger partial charge in [0.15, 0.2) is 11.4 Å². The van der Waals surface area contributed by atoms with Gasteiger partial charge in [0, 0.05) is 11.8 Å². The second kappa shape index (κ2) is 8.57. The van der Waals surface area contributed by atoms with E-state index in [4.69, 9.17) is 0 Å². The highest BCUT2D eigenvalue weighted by Crippen LogP contribution is 2.37. The maximum Gasteiger partial charge on any atom is 0.423 e. The lowest BCUT2D eigenvalue weighted by atomic mass is 10.1. The first-order valence-corrected chi connectivity index (χ1v) is 8.11. The van der Waals surface area contributed by atoms with Gasteiger partial charge in [0.1, 0.15) is 12.2 Å². The van der Waals surface area contributed by atoms with Gasteiger partial charge in [-0.25, -0.2) is 13.2 Å². The van der Waals surface area contributed by atoms with E-state index in [-0.39, 0.29) is 6.07 Å². The normalized spacial score (nSPS) is 13.4. The maximum atomic E-state index is 13.6. The van der Waals surface area contributed by atoms with Crippen LogP contribution in [-0.2, 0) is 11.0 Å². The van der Waals surface area contributed by atoms with Crippen molar-refractivity contribution in [1.29, 1.82) is 0 Å². The molecule has 0 unspecified atom stereocenters. The van der Waals surface area contributed by atoms with Gasteiger partial charge in [-0.15, -0.1) is 0 Å². The Hall–Kier alpha value is -3.49. The van der Waals surface area contributed by atoms with Gasteiger partial charge in [0.05, 0.1) is 4.92 Å². The van der Waals surface area contributed by atoms with Crippen LogP contribution in [-0.4, -0.2) is 28.1 Å². The Morgan fingerprint density at radius 3 is 2.03 bits per heavy atom. The second-order valence-corrected chi connectivity index (χ2v) is 6.40. The zero-order valence-corrected chi connectivity index (χ0v) is 15.5. The molecular formula is C17H10F8N2O5. The van der Waals surface area contributed by atoms with Gasteiger partial charge in [-0.2, -0.15) is 22.0 Å². The van der Waals surface area contributed by atoms with Crippen LogP contribution in [0.3, 0.4) is 0 Å². The molecule has 2 rings (SSSR count). The fraction of sp³-hybridized carbons (Fsp3) is 0.235. The number of nitro groups is 1. The number of nitro benzene ring substituents is 1. The number of hydrogen-bond donors (Lipinski definition) is 2. The first-order chi connectivity index (χ1) is 14.6. The third-order valence-corrected chi connectivity index (χ3v) is 3.91. The van der Waals surface area contributed by atoms with Crippen molar-refractivity contribution in [3.63, 3.8) is 0 Å². The summed E-state index contributed by atoms with van der Waals surface area (Å²) in [5, 5.41) is 22.6. The SMILES string of the molecule is C[C@@](O)(COc1c(F)c(F)c(F)c(F)c1F)C(=O)Nc1ccc([N+](=O)[O-])c(C(F)(F)F)c1. The lowest BCUT2D eigenvalue weighted by molar-refractivity contribution is -0.388. The summed E-state index contributed by atoms with van der Waals surface area (Å²) < 4.78 is 110. The monoisotopic (exact) mass is 474 g/mol. The predicted molar refractivity (Wildman–Crippen MR) is 89.1 cm³/mol. The molecule has 1 atom stereocenters. The molecule has 0 fully saturated rings. The number of aliphatic hydroxyl groups is 1. The molecule has 0 spiro atoms. The minimum absolute atomic E-state index is 0.192. The van der Waals surface area contributed by atoms with Gasteiger partial charge in [0.2, 0.25) is 29.1 Å². The van der Waals surface area contributed by atoms with E-state index < -0.39 is 81.0 Å². The molecule has 2 aromatic rings. The van der Waals surface area contributed by atoms with Crippen LogP contribution in [0.2, 0.25) is 0 Å². The van der Waals surface area contributed by atoms with Gasteiger partial charge in [-0.05, 0) is 19.1 Å². The average Bonchev–Trinajstić information content (AvgIpc) is 2.69. The van der Waals surface area contributed by atoms with Crippen LogP contribution in [0.25, 0.3) is 0 Å². The first-order valence-electron chi connectivity index (χ1n) is 8.11. The van der Waals surface area contributed by atoms with Crippen LogP contribution in [0.1, 0.15) is 12.5 Å². The molecule has 0 aliphatic carbocycles. The number of carbonyl (C=O) groups is 1. The minimum atomic E-state index is -5.18. The molecule has 0 aliphatic heterocycles. The molecule has 0 radical (unpaired) electrons. The Bertz CT molecular complexity index is 1060. The largest absolute Gasteiger partial charge is 0.484 e. The van der Waals surface area contributed by atoms with Gasteiger partial charge in [0.25, 0.3) is 11.6 Å². The molecule has 2 aromatic carbocycles. The van der Waals surface area contributed by atoms with Crippen LogP contribution in [0, 0.1) is 39.2 Å². The van der Waals surface area contributed by atoms with Crippen molar-refractivity contribution < 1.29 is 54.7 Å². The van der Waals surface area contributed by atoms with Crippen LogP contribution >= 0.6 is 0 Å². The smallest absolute Gasteiger partial charge is 0.423 e. The van der Waals surface area contributed by atoms with Gasteiger partial charge < -0.3 is 15.2 Å². The standard InChI is InChI=1S/C17H10F8N2O5/c1-16(29,5-32-14-12(21)10(19)9(18)11(20)13(14)22)15(28)26-6-2-3-8(27(30)31)7(4-6)17(23,24)25/h2-4,29H,5H2,1H3,(H,26,28)/t16-/m1/s1. The number of carbonyl (C=O) groups excluding carboxylic acids is 1. The third-order valence-electron chi connectivity index (χ3n) is 3.91. The van der Waals surface area contributed by atoms with Gasteiger partial charge >= 0.3 is 6.18 Å². The van der Waals surface area contributed by atoms with Gasteiger partial charge in [-0.1, -0.05) is 0 Å². The summed E-state index contributed by atoms with van der Waals surface area (Å²) in [6, 6.07) is 1.32. The molecule has 0 saturated heterocycles. The molecule has 0 saturated carbocycles.